The summed E-state index contributed by atoms with van der Waals surface area (Å²) in [6.07, 6.45) is 4.10. The van der Waals surface area contributed by atoms with Gasteiger partial charge in [-0.3, -0.25) is 9.59 Å². The summed E-state index contributed by atoms with van der Waals surface area (Å²) in [4.78, 5) is 31.6. The first kappa shape index (κ1) is 20.6. The lowest BCUT2D eigenvalue weighted by Gasteiger charge is -2.33. The zero-order valence-corrected chi connectivity index (χ0v) is 17.6. The van der Waals surface area contributed by atoms with Gasteiger partial charge < -0.3 is 15.0 Å². The molecule has 0 aliphatic carbocycles. The van der Waals surface area contributed by atoms with Gasteiger partial charge in [-0.1, -0.05) is 30.3 Å². The van der Waals surface area contributed by atoms with Gasteiger partial charge in [0, 0.05) is 25.2 Å². The molecule has 0 saturated carbocycles. The Labute approximate surface area is 180 Å². The van der Waals surface area contributed by atoms with Crippen LogP contribution in [0.5, 0.6) is 5.88 Å². The summed E-state index contributed by atoms with van der Waals surface area (Å²) >= 11 is 0. The van der Waals surface area contributed by atoms with Crippen molar-refractivity contribution in [3.8, 4) is 22.8 Å². The Bertz CT molecular complexity index is 1060. The second kappa shape index (κ2) is 8.99. The molecule has 160 valence electrons. The summed E-state index contributed by atoms with van der Waals surface area (Å²) in [5.41, 5.74) is 2.70. The fraction of sp³-hybridized carbons (Fsp3) is 0.304. The highest BCUT2D eigenvalue weighted by atomic mass is 16.5. The van der Waals surface area contributed by atoms with Crippen molar-refractivity contribution in [2.24, 2.45) is 0 Å². The Hall–Kier alpha value is -3.68. The van der Waals surface area contributed by atoms with E-state index in [0.29, 0.717) is 30.2 Å². The number of piperidine rings is 1. The normalized spacial score (nSPS) is 16.1. The highest BCUT2D eigenvalue weighted by Crippen LogP contribution is 2.26. The second-order valence-electron chi connectivity index (χ2n) is 7.38. The summed E-state index contributed by atoms with van der Waals surface area (Å²) in [6.45, 7) is 0.536. The Morgan fingerprint density at radius 3 is 2.61 bits per heavy atom. The number of nitrogens with one attached hydrogen (secondary N) is 1. The van der Waals surface area contributed by atoms with Crippen LogP contribution in [0.25, 0.3) is 16.9 Å². The van der Waals surface area contributed by atoms with E-state index in [1.165, 1.54) is 0 Å². The van der Waals surface area contributed by atoms with Gasteiger partial charge in [0.05, 0.1) is 24.7 Å². The number of amides is 2. The predicted octanol–water partition coefficient (Wildman–Crippen LogP) is 2.68. The van der Waals surface area contributed by atoms with Crippen molar-refractivity contribution in [1.82, 2.24) is 25.0 Å². The van der Waals surface area contributed by atoms with E-state index in [1.807, 2.05) is 36.4 Å². The summed E-state index contributed by atoms with van der Waals surface area (Å²) in [5, 5.41) is 7.29. The van der Waals surface area contributed by atoms with Crippen LogP contribution < -0.4 is 10.1 Å². The lowest BCUT2D eigenvalue weighted by Crippen LogP contribution is -2.51. The monoisotopic (exact) mass is 419 g/mol. The molecule has 31 heavy (non-hydrogen) atoms. The van der Waals surface area contributed by atoms with Crippen molar-refractivity contribution in [2.45, 2.75) is 25.3 Å². The SMILES string of the molecule is CNC(=O)C1CCCCN1C(=O)c1cc(-c2ccccc2)n(-c2ccc(OC)nc2)n1. The lowest BCUT2D eigenvalue weighted by molar-refractivity contribution is -0.126. The lowest BCUT2D eigenvalue weighted by atomic mass is 10.0. The molecule has 8 nitrogen and oxygen atoms in total. The van der Waals surface area contributed by atoms with Crippen molar-refractivity contribution in [3.05, 3.63) is 60.4 Å². The predicted molar refractivity (Wildman–Crippen MR) is 116 cm³/mol. The van der Waals surface area contributed by atoms with Gasteiger partial charge >= 0.3 is 0 Å². The number of carbonyl (C=O) groups excluding carboxylic acids is 2. The summed E-state index contributed by atoms with van der Waals surface area (Å²) in [7, 11) is 3.15. The van der Waals surface area contributed by atoms with Crippen LogP contribution in [-0.4, -0.2) is 58.2 Å². The number of hydrogen-bond acceptors (Lipinski definition) is 5. The Balaban J connectivity index is 1.75. The fourth-order valence-corrected chi connectivity index (χ4v) is 3.88. The fourth-order valence-electron chi connectivity index (χ4n) is 3.88. The van der Waals surface area contributed by atoms with E-state index in [9.17, 15) is 9.59 Å². The number of ether oxygens (including phenoxy) is 1. The van der Waals surface area contributed by atoms with E-state index in [-0.39, 0.29) is 11.8 Å². The zero-order valence-electron chi connectivity index (χ0n) is 17.6. The number of rotatable bonds is 5. The maximum absolute atomic E-state index is 13.4. The van der Waals surface area contributed by atoms with Crippen LogP contribution in [0.3, 0.4) is 0 Å². The van der Waals surface area contributed by atoms with Gasteiger partial charge in [0.15, 0.2) is 5.69 Å². The Kier molecular flexibility index (Phi) is 5.97. The van der Waals surface area contributed by atoms with Crippen LogP contribution in [0.2, 0.25) is 0 Å². The number of pyridine rings is 1. The molecule has 1 aliphatic heterocycles. The number of likely N-dealkylation sites (N-methyl/N-ethyl adjacent to an activating group) is 1. The first-order valence-corrected chi connectivity index (χ1v) is 10.3. The van der Waals surface area contributed by atoms with Crippen LogP contribution in [0, 0.1) is 0 Å². The number of hydrogen-bond donors (Lipinski definition) is 1. The standard InChI is InChI=1S/C23H25N5O3/c1-24-22(29)19-10-6-7-13-27(19)23(30)18-14-20(16-8-4-3-5-9-16)28(26-18)17-11-12-21(31-2)25-15-17/h3-5,8-9,11-12,14-15,19H,6-7,10,13H2,1-2H3,(H,24,29). The molecule has 3 heterocycles. The molecule has 1 unspecified atom stereocenters. The van der Waals surface area contributed by atoms with Gasteiger partial charge in [-0.2, -0.15) is 5.10 Å². The van der Waals surface area contributed by atoms with Gasteiger partial charge in [-0.15, -0.1) is 0 Å². The van der Waals surface area contributed by atoms with Crippen LogP contribution >= 0.6 is 0 Å². The van der Waals surface area contributed by atoms with Crippen molar-refractivity contribution in [1.29, 1.82) is 0 Å². The summed E-state index contributed by atoms with van der Waals surface area (Å²) in [6, 6.07) is 14.6. The highest BCUT2D eigenvalue weighted by Gasteiger charge is 2.33. The number of carbonyl (C=O) groups is 2. The first-order valence-electron chi connectivity index (χ1n) is 10.3. The molecule has 8 heteroatoms. The largest absolute Gasteiger partial charge is 0.481 e. The third-order valence-corrected chi connectivity index (χ3v) is 5.49. The third kappa shape index (κ3) is 4.14. The molecular formula is C23H25N5O3. The molecule has 0 radical (unpaired) electrons. The van der Waals surface area contributed by atoms with E-state index in [1.54, 1.807) is 42.1 Å². The number of aromatic nitrogens is 3. The minimum Gasteiger partial charge on any atom is -0.481 e. The van der Waals surface area contributed by atoms with Crippen molar-refractivity contribution < 1.29 is 14.3 Å². The van der Waals surface area contributed by atoms with E-state index in [2.05, 4.69) is 15.4 Å². The van der Waals surface area contributed by atoms with E-state index in [0.717, 1.165) is 24.1 Å². The van der Waals surface area contributed by atoms with Crippen molar-refractivity contribution in [3.63, 3.8) is 0 Å². The number of benzene rings is 1. The molecule has 3 aromatic rings. The molecule has 4 rings (SSSR count). The average Bonchev–Trinajstić information content (AvgIpc) is 3.29. The highest BCUT2D eigenvalue weighted by molar-refractivity contribution is 5.97. The molecule has 1 N–H and O–H groups in total. The molecular weight excluding hydrogens is 394 g/mol. The van der Waals surface area contributed by atoms with E-state index >= 15 is 0 Å². The molecule has 1 fully saturated rings. The minimum absolute atomic E-state index is 0.143. The van der Waals surface area contributed by atoms with Crippen LogP contribution in [0.1, 0.15) is 29.8 Å². The molecule has 0 spiro atoms. The molecule has 1 atom stereocenters. The maximum Gasteiger partial charge on any atom is 0.275 e. The number of nitrogens with zero attached hydrogens (tertiary/aromatic N) is 4. The molecule has 1 aliphatic rings. The molecule has 0 bridgehead atoms. The van der Waals surface area contributed by atoms with Crippen LogP contribution in [0.4, 0.5) is 0 Å². The minimum atomic E-state index is -0.473. The van der Waals surface area contributed by atoms with Crippen molar-refractivity contribution >= 4 is 11.8 Å². The number of likely N-dealkylation sites (tertiary alicyclic amines) is 1. The van der Waals surface area contributed by atoms with Gasteiger partial charge in [-0.05, 0) is 31.4 Å². The average molecular weight is 419 g/mol. The van der Waals surface area contributed by atoms with Gasteiger partial charge in [0.2, 0.25) is 11.8 Å². The van der Waals surface area contributed by atoms with Crippen molar-refractivity contribution in [2.75, 3.05) is 20.7 Å². The summed E-state index contributed by atoms with van der Waals surface area (Å²) < 4.78 is 6.85. The Morgan fingerprint density at radius 1 is 1.13 bits per heavy atom. The second-order valence-corrected chi connectivity index (χ2v) is 7.38. The smallest absolute Gasteiger partial charge is 0.275 e. The number of methoxy groups -OCH3 is 1. The van der Waals surface area contributed by atoms with Crippen LogP contribution in [0.15, 0.2) is 54.7 Å². The van der Waals surface area contributed by atoms with E-state index < -0.39 is 6.04 Å². The molecule has 1 saturated heterocycles. The molecule has 2 aromatic heterocycles. The quantitative estimate of drug-likeness (QED) is 0.687. The molecule has 1 aromatic carbocycles. The van der Waals surface area contributed by atoms with E-state index in [4.69, 9.17) is 4.74 Å². The van der Waals surface area contributed by atoms with Gasteiger partial charge in [0.25, 0.3) is 5.91 Å². The van der Waals surface area contributed by atoms with Crippen LogP contribution in [-0.2, 0) is 4.79 Å². The van der Waals surface area contributed by atoms with Gasteiger partial charge in [0.1, 0.15) is 6.04 Å². The molecule has 2 amide bonds. The maximum atomic E-state index is 13.4. The topological polar surface area (TPSA) is 89.4 Å². The van der Waals surface area contributed by atoms with Gasteiger partial charge in [-0.25, -0.2) is 9.67 Å². The zero-order chi connectivity index (χ0) is 21.8. The summed E-state index contributed by atoms with van der Waals surface area (Å²) in [5.74, 6) is 0.107. The third-order valence-electron chi connectivity index (χ3n) is 5.49. The Morgan fingerprint density at radius 2 is 1.94 bits per heavy atom. The first-order chi connectivity index (χ1) is 15.1.